The smallest absolute Gasteiger partial charge is 0.263 e. The van der Waals surface area contributed by atoms with Crippen molar-refractivity contribution in [3.8, 4) is 5.75 Å². The molecule has 0 radical (unpaired) electrons. The van der Waals surface area contributed by atoms with Gasteiger partial charge in [0.2, 0.25) is 0 Å². The van der Waals surface area contributed by atoms with Crippen molar-refractivity contribution in [1.29, 1.82) is 0 Å². The molecular formula is C23H24N2O3S. The Morgan fingerprint density at radius 1 is 1.17 bits per heavy atom. The minimum atomic E-state index is -0.577. The fourth-order valence-electron chi connectivity index (χ4n) is 3.72. The molecule has 0 saturated carbocycles. The van der Waals surface area contributed by atoms with Crippen LogP contribution in [0.15, 0.2) is 48.5 Å². The first-order chi connectivity index (χ1) is 14.0. The number of aromatic nitrogens is 1. The number of carbonyl (C=O) groups excluding carboxylic acids is 2. The summed E-state index contributed by atoms with van der Waals surface area (Å²) in [6.45, 7) is 4.73. The van der Waals surface area contributed by atoms with Crippen molar-refractivity contribution in [3.63, 3.8) is 0 Å². The number of rotatable bonds is 5. The lowest BCUT2D eigenvalue weighted by molar-refractivity contribution is -0.139. The van der Waals surface area contributed by atoms with Crippen molar-refractivity contribution >= 4 is 33.2 Å². The molecule has 1 fully saturated rings. The zero-order valence-electron chi connectivity index (χ0n) is 16.6. The first-order valence-electron chi connectivity index (χ1n) is 9.93. The molecule has 1 aromatic heterocycles. The third kappa shape index (κ3) is 4.32. The Labute approximate surface area is 174 Å². The Balaban J connectivity index is 1.41. The van der Waals surface area contributed by atoms with Gasteiger partial charge >= 0.3 is 0 Å². The van der Waals surface area contributed by atoms with E-state index in [1.807, 2.05) is 23.1 Å². The van der Waals surface area contributed by atoms with Crippen LogP contribution in [0.25, 0.3) is 10.2 Å². The number of piperidine rings is 1. The topological polar surface area (TPSA) is 59.5 Å². The molecule has 6 heteroatoms. The van der Waals surface area contributed by atoms with Crippen molar-refractivity contribution in [2.24, 2.45) is 0 Å². The number of hydrogen-bond donors (Lipinski definition) is 0. The highest BCUT2D eigenvalue weighted by Gasteiger charge is 2.30. The second-order valence-corrected chi connectivity index (χ2v) is 8.55. The van der Waals surface area contributed by atoms with Gasteiger partial charge in [-0.3, -0.25) is 9.59 Å². The van der Waals surface area contributed by atoms with Crippen LogP contribution in [0.2, 0.25) is 0 Å². The molecule has 1 aliphatic heterocycles. The van der Waals surface area contributed by atoms with Crippen LogP contribution in [-0.4, -0.2) is 40.8 Å². The molecule has 4 rings (SSSR count). The van der Waals surface area contributed by atoms with Crippen LogP contribution in [0, 0.1) is 0 Å². The molecule has 0 bridgehead atoms. The highest BCUT2D eigenvalue weighted by atomic mass is 32.1. The van der Waals surface area contributed by atoms with Gasteiger partial charge in [0, 0.05) is 24.6 Å². The second kappa shape index (κ2) is 8.33. The zero-order valence-corrected chi connectivity index (χ0v) is 17.4. The number of nitrogens with zero attached hydrogens (tertiary/aromatic N) is 2. The monoisotopic (exact) mass is 408 g/mol. The first kappa shape index (κ1) is 19.6. The Hall–Kier alpha value is -2.73. The van der Waals surface area contributed by atoms with Gasteiger partial charge in [-0.15, -0.1) is 11.3 Å². The highest BCUT2D eigenvalue weighted by molar-refractivity contribution is 7.18. The standard InChI is InChI=1S/C23H24N2O3S/c1-15(26)17-9-11-19(12-10-17)28-16(2)23(27)25-13-5-6-18(14-25)22-24-20-7-3-4-8-21(20)29-22/h3-4,7-12,16,18H,5-6,13-14H2,1-2H3/t16-,18+/m1/s1. The summed E-state index contributed by atoms with van der Waals surface area (Å²) in [4.78, 5) is 31.0. The number of benzene rings is 2. The number of amides is 1. The minimum absolute atomic E-state index is 0.00791. The summed E-state index contributed by atoms with van der Waals surface area (Å²) in [5.41, 5.74) is 1.66. The first-order valence-corrected chi connectivity index (χ1v) is 10.7. The van der Waals surface area contributed by atoms with Crippen molar-refractivity contribution in [2.45, 2.75) is 38.7 Å². The van der Waals surface area contributed by atoms with E-state index in [9.17, 15) is 9.59 Å². The van der Waals surface area contributed by atoms with E-state index in [1.54, 1.807) is 42.5 Å². The zero-order chi connectivity index (χ0) is 20.4. The predicted molar refractivity (Wildman–Crippen MR) is 115 cm³/mol. The van der Waals surface area contributed by atoms with Crippen LogP contribution in [0.3, 0.4) is 0 Å². The number of likely N-dealkylation sites (tertiary alicyclic amines) is 1. The van der Waals surface area contributed by atoms with E-state index in [1.165, 1.54) is 11.6 Å². The van der Waals surface area contributed by atoms with Gasteiger partial charge in [0.25, 0.3) is 5.91 Å². The Morgan fingerprint density at radius 3 is 2.66 bits per heavy atom. The molecule has 0 aliphatic carbocycles. The summed E-state index contributed by atoms with van der Waals surface area (Å²) in [5, 5.41) is 1.11. The van der Waals surface area contributed by atoms with Gasteiger partial charge in [0.15, 0.2) is 11.9 Å². The van der Waals surface area contributed by atoms with Gasteiger partial charge in [0.05, 0.1) is 15.2 Å². The van der Waals surface area contributed by atoms with E-state index in [0.29, 0.717) is 17.9 Å². The molecule has 2 heterocycles. The van der Waals surface area contributed by atoms with E-state index in [0.717, 1.165) is 29.9 Å². The van der Waals surface area contributed by atoms with Gasteiger partial charge in [-0.05, 0) is 63.1 Å². The number of ether oxygens (including phenoxy) is 1. The summed E-state index contributed by atoms with van der Waals surface area (Å²) < 4.78 is 7.03. The molecule has 2 aromatic carbocycles. The Kier molecular flexibility index (Phi) is 5.62. The minimum Gasteiger partial charge on any atom is -0.481 e. The quantitative estimate of drug-likeness (QED) is 0.576. The summed E-state index contributed by atoms with van der Waals surface area (Å²) in [7, 11) is 0. The Morgan fingerprint density at radius 2 is 1.93 bits per heavy atom. The molecule has 0 spiro atoms. The SMILES string of the molecule is CC(=O)c1ccc(O[C@H](C)C(=O)N2CCC[C@H](c3nc4ccccc4s3)C2)cc1. The van der Waals surface area contributed by atoms with E-state index in [-0.39, 0.29) is 17.6 Å². The highest BCUT2D eigenvalue weighted by Crippen LogP contribution is 2.33. The number of ketones is 1. The summed E-state index contributed by atoms with van der Waals surface area (Å²) in [6, 6.07) is 15.1. The van der Waals surface area contributed by atoms with Crippen molar-refractivity contribution in [1.82, 2.24) is 9.88 Å². The van der Waals surface area contributed by atoms with Crippen LogP contribution < -0.4 is 4.74 Å². The normalized spacial score (nSPS) is 17.9. The maximum Gasteiger partial charge on any atom is 0.263 e. The van der Waals surface area contributed by atoms with Gasteiger partial charge in [0.1, 0.15) is 5.75 Å². The Bertz CT molecular complexity index is 995. The van der Waals surface area contributed by atoms with E-state index in [2.05, 4.69) is 6.07 Å². The number of hydrogen-bond acceptors (Lipinski definition) is 5. The van der Waals surface area contributed by atoms with Crippen molar-refractivity contribution in [2.75, 3.05) is 13.1 Å². The molecule has 1 amide bonds. The van der Waals surface area contributed by atoms with Crippen LogP contribution >= 0.6 is 11.3 Å². The van der Waals surface area contributed by atoms with Crippen molar-refractivity contribution in [3.05, 3.63) is 59.1 Å². The number of carbonyl (C=O) groups is 2. The van der Waals surface area contributed by atoms with E-state index >= 15 is 0 Å². The average Bonchev–Trinajstić information content (AvgIpc) is 3.18. The fourth-order valence-corrected chi connectivity index (χ4v) is 4.82. The number of thiazole rings is 1. The van der Waals surface area contributed by atoms with Gasteiger partial charge in [-0.2, -0.15) is 0 Å². The summed E-state index contributed by atoms with van der Waals surface area (Å²) in [5.74, 6) is 0.865. The third-order valence-corrected chi connectivity index (χ3v) is 6.51. The lowest BCUT2D eigenvalue weighted by atomic mass is 9.98. The number of Topliss-reactive ketones (excluding diaryl/α,β-unsaturated/α-hetero) is 1. The molecule has 2 atom stereocenters. The van der Waals surface area contributed by atoms with Crippen LogP contribution in [-0.2, 0) is 4.79 Å². The molecule has 3 aromatic rings. The molecule has 1 aliphatic rings. The third-order valence-electron chi connectivity index (χ3n) is 5.31. The number of fused-ring (bicyclic) bond motifs is 1. The summed E-state index contributed by atoms with van der Waals surface area (Å²) >= 11 is 1.72. The molecular weight excluding hydrogens is 384 g/mol. The van der Waals surface area contributed by atoms with Gasteiger partial charge in [-0.1, -0.05) is 12.1 Å². The second-order valence-electron chi connectivity index (χ2n) is 7.48. The molecule has 0 N–H and O–H groups in total. The molecule has 5 nitrogen and oxygen atoms in total. The largest absolute Gasteiger partial charge is 0.481 e. The lowest BCUT2D eigenvalue weighted by Gasteiger charge is -2.33. The maximum atomic E-state index is 13.0. The van der Waals surface area contributed by atoms with E-state index in [4.69, 9.17) is 9.72 Å². The van der Waals surface area contributed by atoms with Crippen LogP contribution in [0.4, 0.5) is 0 Å². The lowest BCUT2D eigenvalue weighted by Crippen LogP contribution is -2.45. The van der Waals surface area contributed by atoms with Gasteiger partial charge < -0.3 is 9.64 Å². The maximum absolute atomic E-state index is 13.0. The van der Waals surface area contributed by atoms with E-state index < -0.39 is 6.10 Å². The molecule has 150 valence electrons. The van der Waals surface area contributed by atoms with Crippen LogP contribution in [0.1, 0.15) is 48.0 Å². The average molecular weight is 409 g/mol. The fraction of sp³-hybridized carbons (Fsp3) is 0.348. The van der Waals surface area contributed by atoms with Crippen LogP contribution in [0.5, 0.6) is 5.75 Å². The number of para-hydroxylation sites is 1. The molecule has 0 unspecified atom stereocenters. The molecule has 29 heavy (non-hydrogen) atoms. The van der Waals surface area contributed by atoms with Gasteiger partial charge in [-0.25, -0.2) is 4.98 Å². The summed E-state index contributed by atoms with van der Waals surface area (Å²) in [6.07, 6.45) is 1.44. The predicted octanol–water partition coefficient (Wildman–Crippen LogP) is 4.67. The molecule has 1 saturated heterocycles. The van der Waals surface area contributed by atoms with Crippen molar-refractivity contribution < 1.29 is 14.3 Å².